The van der Waals surface area contributed by atoms with Crippen LogP contribution in [0.3, 0.4) is 0 Å². The van der Waals surface area contributed by atoms with Crippen LogP contribution in [0.15, 0.2) is 18.2 Å². The molecule has 0 aliphatic heterocycles. The van der Waals surface area contributed by atoms with Crippen molar-refractivity contribution in [1.29, 1.82) is 0 Å². The first-order chi connectivity index (χ1) is 5.79. The number of rotatable bonds is 3. The lowest BCUT2D eigenvalue weighted by Crippen LogP contribution is -2.08. The summed E-state index contributed by atoms with van der Waals surface area (Å²) in [4.78, 5) is 0. The zero-order valence-corrected chi connectivity index (χ0v) is 8.28. The van der Waals surface area contributed by atoms with Gasteiger partial charge < -0.3 is 5.32 Å². The van der Waals surface area contributed by atoms with E-state index in [1.54, 1.807) is 0 Å². The Labute approximate surface area is 78.7 Å². The van der Waals surface area contributed by atoms with E-state index in [-0.39, 0.29) is 0 Å². The lowest BCUT2D eigenvalue weighted by Gasteiger charge is -2.08. The fourth-order valence-corrected chi connectivity index (χ4v) is 1.57. The number of halogens is 1. The molecule has 0 amide bonds. The van der Waals surface area contributed by atoms with Crippen LogP contribution in [0.2, 0.25) is 5.02 Å². The largest absolute Gasteiger partial charge is 0.316 e. The van der Waals surface area contributed by atoms with E-state index in [1.165, 1.54) is 11.1 Å². The van der Waals surface area contributed by atoms with Gasteiger partial charge in [-0.2, -0.15) is 0 Å². The van der Waals surface area contributed by atoms with Crippen molar-refractivity contribution in [3.8, 4) is 0 Å². The lowest BCUT2D eigenvalue weighted by molar-refractivity contribution is 0.806. The van der Waals surface area contributed by atoms with E-state index in [1.807, 2.05) is 19.2 Å². The Bertz CT molecular complexity index is 258. The molecule has 12 heavy (non-hydrogen) atoms. The molecule has 0 unspecified atom stereocenters. The summed E-state index contributed by atoms with van der Waals surface area (Å²) in [6.07, 6.45) is 1.04. The Kier molecular flexibility index (Phi) is 3.57. The summed E-state index contributed by atoms with van der Waals surface area (Å²) in [5.74, 6) is 0. The van der Waals surface area contributed by atoms with Crippen molar-refractivity contribution in [1.82, 2.24) is 5.32 Å². The van der Waals surface area contributed by atoms with Gasteiger partial charge in [0.05, 0.1) is 0 Å². The highest BCUT2D eigenvalue weighted by Crippen LogP contribution is 2.19. The van der Waals surface area contributed by atoms with E-state index in [0.29, 0.717) is 0 Å². The number of hydrogen-bond donors (Lipinski definition) is 1. The molecule has 1 aromatic carbocycles. The minimum absolute atomic E-state index is 0.850. The molecule has 66 valence electrons. The van der Waals surface area contributed by atoms with Crippen molar-refractivity contribution in [3.05, 3.63) is 34.3 Å². The molecular formula is C10H14ClN. The molecule has 0 spiro atoms. The predicted molar refractivity (Wildman–Crippen MR) is 53.6 cm³/mol. The molecule has 1 rings (SSSR count). The fourth-order valence-electron chi connectivity index (χ4n) is 1.31. The van der Waals surface area contributed by atoms with Gasteiger partial charge in [-0.05, 0) is 30.7 Å². The van der Waals surface area contributed by atoms with Crippen molar-refractivity contribution in [2.75, 3.05) is 7.05 Å². The van der Waals surface area contributed by atoms with E-state index < -0.39 is 0 Å². The first kappa shape index (κ1) is 9.56. The Hall–Kier alpha value is -0.530. The molecule has 0 saturated heterocycles. The van der Waals surface area contributed by atoms with E-state index >= 15 is 0 Å². The second kappa shape index (κ2) is 4.48. The smallest absolute Gasteiger partial charge is 0.0453 e. The zero-order chi connectivity index (χ0) is 8.97. The predicted octanol–water partition coefficient (Wildman–Crippen LogP) is 2.62. The molecule has 0 aliphatic carbocycles. The van der Waals surface area contributed by atoms with Gasteiger partial charge in [0.2, 0.25) is 0 Å². The normalized spacial score (nSPS) is 10.2. The summed E-state index contributed by atoms with van der Waals surface area (Å²) < 4.78 is 0. The van der Waals surface area contributed by atoms with Crippen LogP contribution in [-0.2, 0) is 13.0 Å². The van der Waals surface area contributed by atoms with Crippen LogP contribution in [0.5, 0.6) is 0 Å². The third-order valence-corrected chi connectivity index (χ3v) is 2.30. The minimum atomic E-state index is 0.850. The van der Waals surface area contributed by atoms with E-state index in [4.69, 9.17) is 11.6 Å². The molecule has 0 aliphatic rings. The Morgan fingerprint density at radius 3 is 2.75 bits per heavy atom. The highest BCUT2D eigenvalue weighted by molar-refractivity contribution is 6.31. The lowest BCUT2D eigenvalue weighted by atomic mass is 10.1. The molecule has 0 atom stereocenters. The molecule has 1 aromatic rings. The number of nitrogens with one attached hydrogen (secondary N) is 1. The van der Waals surface area contributed by atoms with Crippen LogP contribution in [0.1, 0.15) is 18.1 Å². The molecule has 0 bridgehead atoms. The molecule has 1 N–H and O–H groups in total. The third kappa shape index (κ3) is 1.99. The van der Waals surface area contributed by atoms with Crippen molar-refractivity contribution >= 4 is 11.6 Å². The molecule has 0 fully saturated rings. The van der Waals surface area contributed by atoms with Crippen molar-refractivity contribution in [2.45, 2.75) is 19.9 Å². The van der Waals surface area contributed by atoms with Gasteiger partial charge in [-0.15, -0.1) is 0 Å². The van der Waals surface area contributed by atoms with Crippen LogP contribution < -0.4 is 5.32 Å². The van der Waals surface area contributed by atoms with Crippen molar-refractivity contribution < 1.29 is 0 Å². The molecular weight excluding hydrogens is 170 g/mol. The van der Waals surface area contributed by atoms with Gasteiger partial charge in [0.25, 0.3) is 0 Å². The maximum Gasteiger partial charge on any atom is 0.0453 e. The first-order valence-electron chi connectivity index (χ1n) is 4.20. The van der Waals surface area contributed by atoms with Gasteiger partial charge in [0.15, 0.2) is 0 Å². The maximum atomic E-state index is 6.05. The third-order valence-electron chi connectivity index (χ3n) is 1.95. The average Bonchev–Trinajstić information content (AvgIpc) is 2.09. The van der Waals surface area contributed by atoms with Crippen molar-refractivity contribution in [2.24, 2.45) is 0 Å². The average molecular weight is 184 g/mol. The zero-order valence-electron chi connectivity index (χ0n) is 7.52. The van der Waals surface area contributed by atoms with Crippen LogP contribution in [-0.4, -0.2) is 7.05 Å². The monoisotopic (exact) mass is 183 g/mol. The SMILES string of the molecule is CCc1cccc(Cl)c1CNC. The standard InChI is InChI=1S/C10H14ClN/c1-3-8-5-4-6-10(11)9(8)7-12-2/h4-6,12H,3,7H2,1-2H3. The van der Waals surface area contributed by atoms with Gasteiger partial charge >= 0.3 is 0 Å². The summed E-state index contributed by atoms with van der Waals surface area (Å²) in [6, 6.07) is 6.06. The van der Waals surface area contributed by atoms with Gasteiger partial charge in [0, 0.05) is 11.6 Å². The molecule has 0 aromatic heterocycles. The quantitative estimate of drug-likeness (QED) is 0.760. The Morgan fingerprint density at radius 2 is 2.17 bits per heavy atom. The Balaban J connectivity index is 3.02. The van der Waals surface area contributed by atoms with E-state index in [2.05, 4.69) is 18.3 Å². The number of aryl methyl sites for hydroxylation is 1. The van der Waals surface area contributed by atoms with Gasteiger partial charge in [-0.1, -0.05) is 30.7 Å². The van der Waals surface area contributed by atoms with E-state index in [0.717, 1.165) is 18.0 Å². The van der Waals surface area contributed by atoms with Crippen LogP contribution in [0.4, 0.5) is 0 Å². The summed E-state index contributed by atoms with van der Waals surface area (Å²) in [5, 5.41) is 3.98. The molecule has 1 nitrogen and oxygen atoms in total. The Morgan fingerprint density at radius 1 is 1.42 bits per heavy atom. The fraction of sp³-hybridized carbons (Fsp3) is 0.400. The van der Waals surface area contributed by atoms with Gasteiger partial charge in [-0.3, -0.25) is 0 Å². The van der Waals surface area contributed by atoms with Gasteiger partial charge in [-0.25, -0.2) is 0 Å². The highest BCUT2D eigenvalue weighted by Gasteiger charge is 2.03. The van der Waals surface area contributed by atoms with Crippen LogP contribution in [0.25, 0.3) is 0 Å². The van der Waals surface area contributed by atoms with Crippen LogP contribution in [0, 0.1) is 0 Å². The van der Waals surface area contributed by atoms with Gasteiger partial charge in [0.1, 0.15) is 0 Å². The summed E-state index contributed by atoms with van der Waals surface area (Å²) in [5.41, 5.74) is 2.56. The topological polar surface area (TPSA) is 12.0 Å². The first-order valence-corrected chi connectivity index (χ1v) is 4.58. The number of hydrogen-bond acceptors (Lipinski definition) is 1. The second-order valence-corrected chi connectivity index (χ2v) is 3.17. The highest BCUT2D eigenvalue weighted by atomic mass is 35.5. The summed E-state index contributed by atoms with van der Waals surface area (Å²) >= 11 is 6.05. The maximum absolute atomic E-state index is 6.05. The molecule has 0 saturated carbocycles. The number of benzene rings is 1. The molecule has 2 heteroatoms. The molecule has 0 radical (unpaired) electrons. The van der Waals surface area contributed by atoms with Crippen LogP contribution >= 0.6 is 11.6 Å². The molecule has 0 heterocycles. The minimum Gasteiger partial charge on any atom is -0.316 e. The summed E-state index contributed by atoms with van der Waals surface area (Å²) in [6.45, 7) is 2.99. The summed E-state index contributed by atoms with van der Waals surface area (Å²) in [7, 11) is 1.93. The second-order valence-electron chi connectivity index (χ2n) is 2.76. The van der Waals surface area contributed by atoms with E-state index in [9.17, 15) is 0 Å². The van der Waals surface area contributed by atoms with Crippen molar-refractivity contribution in [3.63, 3.8) is 0 Å².